The Labute approximate surface area is 168 Å². The maximum atomic E-state index is 13.1. The van der Waals surface area contributed by atoms with Crippen molar-refractivity contribution in [2.75, 3.05) is 13.2 Å². The van der Waals surface area contributed by atoms with Crippen molar-refractivity contribution >= 4 is 23.5 Å². The summed E-state index contributed by atoms with van der Waals surface area (Å²) in [6, 6.07) is 5.78. The van der Waals surface area contributed by atoms with Crippen molar-refractivity contribution in [3.05, 3.63) is 46.5 Å². The molecule has 1 atom stereocenters. The minimum Gasteiger partial charge on any atom is -0.452 e. The van der Waals surface area contributed by atoms with Gasteiger partial charge in [-0.25, -0.2) is 13.9 Å². The Morgan fingerprint density at radius 3 is 2.68 bits per heavy atom. The summed E-state index contributed by atoms with van der Waals surface area (Å²) in [5.41, 5.74) is 0.990. The number of hydrogen-bond donors (Lipinski definition) is 0. The third-order valence-electron chi connectivity index (χ3n) is 5.02. The van der Waals surface area contributed by atoms with E-state index in [9.17, 15) is 14.0 Å². The Morgan fingerprint density at radius 2 is 2.00 bits per heavy atom. The second-order valence-corrected chi connectivity index (χ2v) is 7.22. The number of esters is 1. The van der Waals surface area contributed by atoms with E-state index in [0.717, 1.165) is 25.7 Å². The third-order valence-corrected chi connectivity index (χ3v) is 5.37. The first-order chi connectivity index (χ1) is 13.4. The lowest BCUT2D eigenvalue weighted by Gasteiger charge is -2.35. The molecule has 1 aromatic carbocycles. The molecule has 1 aliphatic heterocycles. The number of amides is 1. The average Bonchev–Trinajstić information content (AvgIpc) is 3.00. The van der Waals surface area contributed by atoms with Gasteiger partial charge in [-0.05, 0) is 56.9 Å². The van der Waals surface area contributed by atoms with Crippen molar-refractivity contribution in [2.45, 2.75) is 45.6 Å². The van der Waals surface area contributed by atoms with Crippen LogP contribution in [0.25, 0.3) is 5.69 Å². The Hall–Kier alpha value is -2.41. The molecule has 0 aliphatic carbocycles. The van der Waals surface area contributed by atoms with E-state index >= 15 is 0 Å². The summed E-state index contributed by atoms with van der Waals surface area (Å²) >= 11 is 6.32. The summed E-state index contributed by atoms with van der Waals surface area (Å²) in [6.07, 6.45) is 3.94. The van der Waals surface area contributed by atoms with E-state index in [1.807, 2.05) is 0 Å². The summed E-state index contributed by atoms with van der Waals surface area (Å²) in [7, 11) is 0. The fourth-order valence-corrected chi connectivity index (χ4v) is 3.87. The number of rotatable bonds is 5. The number of aryl methyl sites for hydroxylation is 1. The number of likely N-dealkylation sites (tertiary alicyclic amines) is 1. The summed E-state index contributed by atoms with van der Waals surface area (Å²) < 4.78 is 19.7. The standard InChI is InChI=1S/C20H23ClFN3O3/c1-3-15-6-4-5-11-24(15)17(26)12-28-20(27)18-13(2)23-25(19(18)21)16-9-7-14(22)8-10-16/h7-10,15H,3-6,11-12H2,1-2H3/t15-/m1/s1. The average molecular weight is 408 g/mol. The molecule has 1 saturated heterocycles. The zero-order valence-electron chi connectivity index (χ0n) is 16.0. The van der Waals surface area contributed by atoms with Gasteiger partial charge >= 0.3 is 5.97 Å². The minimum absolute atomic E-state index is 0.0611. The van der Waals surface area contributed by atoms with Crippen LogP contribution in [-0.4, -0.2) is 45.8 Å². The van der Waals surface area contributed by atoms with Crippen molar-refractivity contribution in [1.82, 2.24) is 14.7 Å². The molecule has 0 unspecified atom stereocenters. The van der Waals surface area contributed by atoms with Gasteiger partial charge in [-0.15, -0.1) is 0 Å². The first-order valence-corrected chi connectivity index (χ1v) is 9.77. The van der Waals surface area contributed by atoms with Gasteiger partial charge in [0, 0.05) is 12.6 Å². The molecule has 3 rings (SSSR count). The number of hydrogen-bond acceptors (Lipinski definition) is 4. The van der Waals surface area contributed by atoms with E-state index in [1.165, 1.54) is 28.9 Å². The van der Waals surface area contributed by atoms with Crippen LogP contribution in [0.2, 0.25) is 5.15 Å². The highest BCUT2D eigenvalue weighted by molar-refractivity contribution is 6.33. The first kappa shape index (κ1) is 20.3. The topological polar surface area (TPSA) is 64.4 Å². The Morgan fingerprint density at radius 1 is 1.29 bits per heavy atom. The molecule has 0 spiro atoms. The highest BCUT2D eigenvalue weighted by atomic mass is 35.5. The quantitative estimate of drug-likeness (QED) is 0.704. The van der Waals surface area contributed by atoms with E-state index in [4.69, 9.17) is 16.3 Å². The molecule has 6 nitrogen and oxygen atoms in total. The SMILES string of the molecule is CC[C@@H]1CCCCN1C(=O)COC(=O)c1c(C)nn(-c2ccc(F)cc2)c1Cl. The lowest BCUT2D eigenvalue weighted by atomic mass is 10.00. The van der Waals surface area contributed by atoms with Gasteiger partial charge in [-0.1, -0.05) is 18.5 Å². The van der Waals surface area contributed by atoms with Gasteiger partial charge in [0.25, 0.3) is 5.91 Å². The van der Waals surface area contributed by atoms with Gasteiger partial charge in [-0.2, -0.15) is 5.10 Å². The molecule has 0 radical (unpaired) electrons. The molecule has 28 heavy (non-hydrogen) atoms. The smallest absolute Gasteiger partial charge is 0.343 e. The Bertz CT molecular complexity index is 866. The number of halogens is 2. The van der Waals surface area contributed by atoms with Gasteiger partial charge < -0.3 is 9.64 Å². The molecular weight excluding hydrogens is 385 g/mol. The molecule has 2 aromatic rings. The van der Waals surface area contributed by atoms with Crippen LogP contribution in [0.3, 0.4) is 0 Å². The Kier molecular flexibility index (Phi) is 6.34. The first-order valence-electron chi connectivity index (χ1n) is 9.40. The largest absolute Gasteiger partial charge is 0.452 e. The van der Waals surface area contributed by atoms with Crippen LogP contribution in [0.1, 0.15) is 48.7 Å². The predicted molar refractivity (Wildman–Crippen MR) is 103 cm³/mol. The van der Waals surface area contributed by atoms with Gasteiger partial charge in [0.1, 0.15) is 16.5 Å². The lowest BCUT2D eigenvalue weighted by Crippen LogP contribution is -2.45. The Balaban J connectivity index is 1.71. The maximum Gasteiger partial charge on any atom is 0.343 e. The van der Waals surface area contributed by atoms with E-state index in [1.54, 1.807) is 11.8 Å². The number of nitrogens with zero attached hydrogens (tertiary/aromatic N) is 3. The zero-order chi connectivity index (χ0) is 20.3. The molecular formula is C20H23ClFN3O3. The highest BCUT2D eigenvalue weighted by Gasteiger charge is 2.28. The minimum atomic E-state index is -0.700. The van der Waals surface area contributed by atoms with Gasteiger partial charge in [0.05, 0.1) is 11.4 Å². The van der Waals surface area contributed by atoms with E-state index < -0.39 is 5.97 Å². The van der Waals surface area contributed by atoms with Crippen LogP contribution in [0.15, 0.2) is 24.3 Å². The molecule has 1 aliphatic rings. The number of benzene rings is 1. The third kappa shape index (κ3) is 4.19. The van der Waals surface area contributed by atoms with E-state index in [-0.39, 0.29) is 35.1 Å². The highest BCUT2D eigenvalue weighted by Crippen LogP contribution is 2.25. The van der Waals surface area contributed by atoms with Crippen LogP contribution in [-0.2, 0) is 9.53 Å². The number of carbonyl (C=O) groups excluding carboxylic acids is 2. The van der Waals surface area contributed by atoms with Crippen molar-refractivity contribution in [1.29, 1.82) is 0 Å². The molecule has 2 heterocycles. The fraction of sp³-hybridized carbons (Fsp3) is 0.450. The van der Waals surface area contributed by atoms with Crippen LogP contribution >= 0.6 is 11.6 Å². The number of ether oxygens (including phenoxy) is 1. The zero-order valence-corrected chi connectivity index (χ0v) is 16.7. The molecule has 8 heteroatoms. The van der Waals surface area contributed by atoms with Crippen molar-refractivity contribution in [3.63, 3.8) is 0 Å². The molecule has 0 bridgehead atoms. The van der Waals surface area contributed by atoms with Gasteiger partial charge in [-0.3, -0.25) is 4.79 Å². The van der Waals surface area contributed by atoms with E-state index in [0.29, 0.717) is 17.9 Å². The summed E-state index contributed by atoms with van der Waals surface area (Å²) in [5, 5.41) is 4.30. The molecule has 0 N–H and O–H groups in total. The molecule has 150 valence electrons. The van der Waals surface area contributed by atoms with Gasteiger partial charge in [0.15, 0.2) is 6.61 Å². The van der Waals surface area contributed by atoms with Crippen LogP contribution in [0.4, 0.5) is 4.39 Å². The van der Waals surface area contributed by atoms with Crippen LogP contribution in [0, 0.1) is 12.7 Å². The number of piperidine rings is 1. The second-order valence-electron chi connectivity index (χ2n) is 6.86. The second kappa shape index (κ2) is 8.73. The lowest BCUT2D eigenvalue weighted by molar-refractivity contribution is -0.138. The van der Waals surface area contributed by atoms with Crippen molar-refractivity contribution in [3.8, 4) is 5.69 Å². The van der Waals surface area contributed by atoms with E-state index in [2.05, 4.69) is 12.0 Å². The maximum absolute atomic E-state index is 13.1. The summed E-state index contributed by atoms with van der Waals surface area (Å²) in [4.78, 5) is 26.8. The number of aromatic nitrogens is 2. The summed E-state index contributed by atoms with van der Waals surface area (Å²) in [5.74, 6) is -1.28. The predicted octanol–water partition coefficient (Wildman–Crippen LogP) is 3.92. The van der Waals surface area contributed by atoms with Crippen molar-refractivity contribution < 1.29 is 18.7 Å². The molecule has 1 amide bonds. The monoisotopic (exact) mass is 407 g/mol. The number of carbonyl (C=O) groups is 2. The normalized spacial score (nSPS) is 16.9. The summed E-state index contributed by atoms with van der Waals surface area (Å²) in [6.45, 7) is 4.04. The molecule has 1 fully saturated rings. The van der Waals surface area contributed by atoms with Crippen LogP contribution < -0.4 is 0 Å². The van der Waals surface area contributed by atoms with Crippen molar-refractivity contribution in [2.24, 2.45) is 0 Å². The molecule has 0 saturated carbocycles. The fourth-order valence-electron chi connectivity index (χ4n) is 3.52. The molecule has 1 aromatic heterocycles. The van der Waals surface area contributed by atoms with Gasteiger partial charge in [0.2, 0.25) is 0 Å². The van der Waals surface area contributed by atoms with Crippen LogP contribution in [0.5, 0.6) is 0 Å².